The fourth-order valence-electron chi connectivity index (χ4n) is 4.33. The van der Waals surface area contributed by atoms with Crippen LogP contribution < -0.4 is 9.62 Å². The lowest BCUT2D eigenvalue weighted by Crippen LogP contribution is -2.51. The second-order valence-electron chi connectivity index (χ2n) is 9.74. The molecule has 1 N–H and O–H groups in total. The number of amides is 2. The first-order valence-corrected chi connectivity index (χ1v) is 15.4. The van der Waals surface area contributed by atoms with E-state index >= 15 is 0 Å². The molecule has 40 heavy (non-hydrogen) atoms. The summed E-state index contributed by atoms with van der Waals surface area (Å²) >= 11 is 6.42. The van der Waals surface area contributed by atoms with E-state index in [1.165, 1.54) is 4.90 Å². The summed E-state index contributed by atoms with van der Waals surface area (Å²) in [6.07, 6.45) is 2.30. The van der Waals surface area contributed by atoms with E-state index in [-0.39, 0.29) is 17.3 Å². The molecule has 2 amide bonds. The number of benzene rings is 3. The quantitative estimate of drug-likeness (QED) is 0.260. The van der Waals surface area contributed by atoms with E-state index in [0.717, 1.165) is 28.3 Å². The molecule has 0 spiro atoms. The third-order valence-electron chi connectivity index (χ3n) is 6.82. The number of rotatable bonds is 13. The minimum absolute atomic E-state index is 0.0503. The summed E-state index contributed by atoms with van der Waals surface area (Å²) in [5.41, 5.74) is 2.79. The first-order valence-electron chi connectivity index (χ1n) is 13.6. The highest BCUT2D eigenvalue weighted by atomic mass is 35.5. The molecule has 3 aromatic rings. The molecule has 7 nitrogen and oxygen atoms in total. The molecule has 0 unspecified atom stereocenters. The number of carbonyl (C=O) groups excluding carboxylic acids is 2. The Hall–Kier alpha value is -3.36. The van der Waals surface area contributed by atoms with Gasteiger partial charge in [0.15, 0.2) is 0 Å². The Bertz CT molecular complexity index is 1410. The number of sulfonamides is 1. The van der Waals surface area contributed by atoms with Gasteiger partial charge in [0.05, 0.1) is 10.6 Å². The molecule has 0 saturated carbocycles. The smallest absolute Gasteiger partial charge is 0.264 e. The number of aryl methyl sites for hydroxylation is 2. The Labute approximate surface area is 243 Å². The standard InChI is InChI=1S/C31H38ClN3O4S/c1-5-7-20-33-31(37)24(4)34(21-26-13-8-10-14-28(26)32)30(36)22-35(29-15-11-9-12-25(29)6-2)40(38,39)27-18-16-23(3)17-19-27/h8-19,24H,5-7,20-22H2,1-4H3,(H,33,37)/t24-/m0/s1. The number of para-hydroxylation sites is 1. The Balaban J connectivity index is 2.05. The van der Waals surface area contributed by atoms with Gasteiger partial charge in [0.1, 0.15) is 12.6 Å². The van der Waals surface area contributed by atoms with Crippen LogP contribution in [0.1, 0.15) is 50.3 Å². The Morgan fingerprint density at radius 1 is 0.925 bits per heavy atom. The van der Waals surface area contributed by atoms with Gasteiger partial charge in [-0.25, -0.2) is 8.42 Å². The molecule has 0 radical (unpaired) electrons. The highest BCUT2D eigenvalue weighted by Gasteiger charge is 2.33. The van der Waals surface area contributed by atoms with Crippen molar-refractivity contribution in [3.05, 3.63) is 94.5 Å². The van der Waals surface area contributed by atoms with Crippen molar-refractivity contribution in [3.63, 3.8) is 0 Å². The normalized spacial score (nSPS) is 12.0. The van der Waals surface area contributed by atoms with Gasteiger partial charge < -0.3 is 10.2 Å². The SMILES string of the molecule is CCCCNC(=O)[C@H](C)N(Cc1ccccc1Cl)C(=O)CN(c1ccccc1CC)S(=O)(=O)c1ccc(C)cc1. The number of hydrogen-bond acceptors (Lipinski definition) is 4. The lowest BCUT2D eigenvalue weighted by Gasteiger charge is -2.32. The molecular weight excluding hydrogens is 546 g/mol. The van der Waals surface area contributed by atoms with Gasteiger partial charge in [0.25, 0.3) is 10.0 Å². The molecule has 0 saturated heterocycles. The van der Waals surface area contributed by atoms with Gasteiger partial charge in [0, 0.05) is 18.1 Å². The van der Waals surface area contributed by atoms with E-state index in [0.29, 0.717) is 29.2 Å². The summed E-state index contributed by atoms with van der Waals surface area (Å²) in [6, 6.07) is 19.9. The van der Waals surface area contributed by atoms with Crippen molar-refractivity contribution < 1.29 is 18.0 Å². The molecule has 0 aliphatic heterocycles. The van der Waals surface area contributed by atoms with Crippen LogP contribution in [0.5, 0.6) is 0 Å². The number of nitrogens with one attached hydrogen (secondary N) is 1. The molecule has 214 valence electrons. The molecule has 0 heterocycles. The van der Waals surface area contributed by atoms with Crippen molar-refractivity contribution in [1.82, 2.24) is 10.2 Å². The van der Waals surface area contributed by atoms with Crippen molar-refractivity contribution in [2.75, 3.05) is 17.4 Å². The molecule has 0 aliphatic rings. The zero-order valence-electron chi connectivity index (χ0n) is 23.6. The first-order chi connectivity index (χ1) is 19.1. The average molecular weight is 584 g/mol. The first kappa shape index (κ1) is 31.2. The van der Waals surface area contributed by atoms with Gasteiger partial charge in [-0.2, -0.15) is 0 Å². The molecule has 0 fully saturated rings. The summed E-state index contributed by atoms with van der Waals surface area (Å²) in [5.74, 6) is -0.824. The average Bonchev–Trinajstić information content (AvgIpc) is 2.95. The maximum Gasteiger partial charge on any atom is 0.264 e. The number of carbonyl (C=O) groups is 2. The van der Waals surface area contributed by atoms with Gasteiger partial charge in [-0.3, -0.25) is 13.9 Å². The van der Waals surface area contributed by atoms with Gasteiger partial charge in [-0.05, 0) is 62.1 Å². The number of hydrogen-bond donors (Lipinski definition) is 1. The topological polar surface area (TPSA) is 86.8 Å². The summed E-state index contributed by atoms with van der Waals surface area (Å²) in [7, 11) is -4.12. The number of nitrogens with zero attached hydrogens (tertiary/aromatic N) is 2. The van der Waals surface area contributed by atoms with E-state index in [1.807, 2.05) is 39.0 Å². The molecule has 0 aliphatic carbocycles. The summed E-state index contributed by atoms with van der Waals surface area (Å²) in [6.45, 7) is 7.55. The minimum atomic E-state index is -4.12. The Morgan fingerprint density at radius 2 is 1.55 bits per heavy atom. The van der Waals surface area contributed by atoms with Crippen LogP contribution in [-0.2, 0) is 32.6 Å². The third kappa shape index (κ3) is 7.64. The Kier molecular flexibility index (Phi) is 11.2. The van der Waals surface area contributed by atoms with Crippen molar-refractivity contribution in [2.45, 2.75) is 64.4 Å². The van der Waals surface area contributed by atoms with E-state index in [1.54, 1.807) is 61.5 Å². The predicted octanol–water partition coefficient (Wildman–Crippen LogP) is 5.74. The lowest BCUT2D eigenvalue weighted by molar-refractivity contribution is -0.139. The number of unbranched alkanes of at least 4 members (excludes halogenated alkanes) is 1. The highest BCUT2D eigenvalue weighted by molar-refractivity contribution is 7.92. The Morgan fingerprint density at radius 3 is 2.17 bits per heavy atom. The largest absolute Gasteiger partial charge is 0.354 e. The summed E-state index contributed by atoms with van der Waals surface area (Å²) in [5, 5.41) is 3.34. The van der Waals surface area contributed by atoms with Gasteiger partial charge in [0.2, 0.25) is 11.8 Å². The van der Waals surface area contributed by atoms with Crippen LogP contribution in [0.4, 0.5) is 5.69 Å². The zero-order valence-corrected chi connectivity index (χ0v) is 25.1. The monoisotopic (exact) mass is 583 g/mol. The van der Waals surface area contributed by atoms with Crippen molar-refractivity contribution in [3.8, 4) is 0 Å². The van der Waals surface area contributed by atoms with Crippen molar-refractivity contribution >= 4 is 39.1 Å². The predicted molar refractivity (Wildman–Crippen MR) is 161 cm³/mol. The summed E-state index contributed by atoms with van der Waals surface area (Å²) < 4.78 is 29.2. The van der Waals surface area contributed by atoms with Gasteiger partial charge >= 0.3 is 0 Å². The van der Waals surface area contributed by atoms with Crippen LogP contribution in [0.15, 0.2) is 77.7 Å². The van der Waals surface area contributed by atoms with Crippen LogP contribution in [0, 0.1) is 6.92 Å². The van der Waals surface area contributed by atoms with Crippen molar-refractivity contribution in [1.29, 1.82) is 0 Å². The molecule has 3 aromatic carbocycles. The molecule has 0 aromatic heterocycles. The fourth-order valence-corrected chi connectivity index (χ4v) is 5.98. The van der Waals surface area contributed by atoms with E-state index < -0.39 is 28.5 Å². The van der Waals surface area contributed by atoms with Gasteiger partial charge in [-0.15, -0.1) is 0 Å². The van der Waals surface area contributed by atoms with Crippen LogP contribution >= 0.6 is 11.6 Å². The number of anilines is 1. The van der Waals surface area contributed by atoms with E-state index in [9.17, 15) is 18.0 Å². The second kappa shape index (κ2) is 14.3. The molecule has 1 atom stereocenters. The maximum absolute atomic E-state index is 14.0. The van der Waals surface area contributed by atoms with Crippen molar-refractivity contribution in [2.24, 2.45) is 0 Å². The highest BCUT2D eigenvalue weighted by Crippen LogP contribution is 2.28. The fraction of sp³-hybridized carbons (Fsp3) is 0.355. The van der Waals surface area contributed by atoms with E-state index in [2.05, 4.69) is 5.32 Å². The molecule has 9 heteroatoms. The third-order valence-corrected chi connectivity index (χ3v) is 8.97. The number of halogens is 1. The zero-order chi connectivity index (χ0) is 29.3. The van der Waals surface area contributed by atoms with Gasteiger partial charge in [-0.1, -0.05) is 86.0 Å². The molecule has 3 rings (SSSR count). The van der Waals surface area contributed by atoms with E-state index in [4.69, 9.17) is 11.6 Å². The van der Waals surface area contributed by atoms with Crippen LogP contribution in [-0.4, -0.2) is 44.3 Å². The minimum Gasteiger partial charge on any atom is -0.354 e. The second-order valence-corrected chi connectivity index (χ2v) is 12.0. The molecule has 0 bridgehead atoms. The van der Waals surface area contributed by atoms with Crippen LogP contribution in [0.3, 0.4) is 0 Å². The lowest BCUT2D eigenvalue weighted by atomic mass is 10.1. The van der Waals surface area contributed by atoms with Crippen LogP contribution in [0.25, 0.3) is 0 Å². The summed E-state index contributed by atoms with van der Waals surface area (Å²) in [4.78, 5) is 28.6. The maximum atomic E-state index is 14.0. The molecular formula is C31H38ClN3O4S. The van der Waals surface area contributed by atoms with Crippen LogP contribution in [0.2, 0.25) is 5.02 Å².